The number of nitrogens with one attached hydrogen (secondary N) is 10. The molecule has 0 spiro atoms. The molecule has 10 aromatic carbocycles. The largest absolute Gasteiger partial charge is 0.493 e. The van der Waals surface area contributed by atoms with Crippen molar-refractivity contribution in [2.75, 3.05) is 85.4 Å². The second kappa shape index (κ2) is 47.2. The van der Waals surface area contributed by atoms with Crippen molar-refractivity contribution in [3.63, 3.8) is 0 Å². The van der Waals surface area contributed by atoms with E-state index < -0.39 is 0 Å². The van der Waals surface area contributed by atoms with E-state index in [0.29, 0.717) is 61.7 Å². The molecular weight excluding hydrogens is 1760 g/mol. The zero-order chi connectivity index (χ0) is 92.0. The Bertz CT molecular complexity index is 7270. The number of rotatable bonds is 40. The van der Waals surface area contributed by atoms with E-state index in [9.17, 15) is 13.2 Å². The molecule has 2 unspecified atom stereocenters. The number of benzene rings is 10. The number of hydrogen-bond acceptors (Lipinski definition) is 27. The van der Waals surface area contributed by atoms with Crippen LogP contribution in [-0.4, -0.2) is 169 Å². The van der Waals surface area contributed by atoms with Crippen LogP contribution in [0.4, 0.5) is 13.2 Å². The summed E-state index contributed by atoms with van der Waals surface area (Å²) in [5.74, 6) is 3.25. The first-order chi connectivity index (χ1) is 65.9. The second-order valence-corrected chi connectivity index (χ2v) is 33.6. The summed E-state index contributed by atoms with van der Waals surface area (Å²) in [7, 11) is 0. The van der Waals surface area contributed by atoms with Crippen LogP contribution in [0.3, 0.4) is 0 Å². The predicted octanol–water partition coefficient (Wildman–Crippen LogP) is 18.9. The number of unbranched alkanes of at least 4 members (excludes halogenated alkanes) is 2. The van der Waals surface area contributed by atoms with E-state index in [0.717, 1.165) is 254 Å². The fourth-order valence-corrected chi connectivity index (χ4v) is 17.2. The quantitative estimate of drug-likeness (QED) is 0.0159. The topological polar surface area (TPSA) is 388 Å². The first-order valence-electron chi connectivity index (χ1n) is 44.5. The zero-order valence-electron chi connectivity index (χ0n) is 73.7. The summed E-state index contributed by atoms with van der Waals surface area (Å²) in [6.07, 6.45) is 19.8. The number of ether oxygens (including phenoxy) is 5. The molecule has 0 fully saturated rings. The Morgan fingerprint density at radius 3 is 1.21 bits per heavy atom. The Balaban J connectivity index is 0.000000122. The Morgan fingerprint density at radius 2 is 0.709 bits per heavy atom. The van der Waals surface area contributed by atoms with Gasteiger partial charge in [0.05, 0.1) is 65.1 Å². The number of hydrogen-bond donors (Lipinski definition) is 10. The highest BCUT2D eigenvalue weighted by Gasteiger charge is 2.17. The highest BCUT2D eigenvalue weighted by Crippen LogP contribution is 2.30. The van der Waals surface area contributed by atoms with Crippen LogP contribution >= 0.6 is 35.2 Å². The van der Waals surface area contributed by atoms with E-state index in [-0.39, 0.29) is 29.5 Å². The molecule has 0 saturated heterocycles. The third kappa shape index (κ3) is 25.5. The molecule has 10 N–H and O–H groups in total. The average Bonchev–Trinajstić information content (AvgIpc) is 1.68. The van der Waals surface area contributed by atoms with Crippen molar-refractivity contribution < 1.29 is 46.1 Å². The molecule has 0 saturated carbocycles. The van der Waals surface area contributed by atoms with Crippen LogP contribution in [-0.2, 0) is 32.1 Å². The smallest absolute Gasteiger partial charge is 0.148 e. The lowest BCUT2D eigenvalue weighted by Gasteiger charge is -2.14. The van der Waals surface area contributed by atoms with Crippen LogP contribution in [0.1, 0.15) is 84.9 Å². The highest BCUT2D eigenvalue weighted by atomic mass is 32.1. The van der Waals surface area contributed by atoms with Gasteiger partial charge >= 0.3 is 0 Å². The summed E-state index contributed by atoms with van der Waals surface area (Å²) in [6, 6.07) is 59.3. The Morgan fingerprint density at radius 1 is 0.336 bits per heavy atom. The molecule has 20 rings (SSSR count). The molecule has 0 aliphatic carbocycles. The van der Waals surface area contributed by atoms with Crippen LogP contribution in [0.15, 0.2) is 222 Å². The van der Waals surface area contributed by atoms with E-state index in [4.69, 9.17) is 34.2 Å². The lowest BCUT2D eigenvalue weighted by atomic mass is 10.1. The molecule has 10 heterocycles. The molecule has 686 valence electrons. The fourth-order valence-electron chi connectivity index (χ4n) is 15.6. The molecule has 0 amide bonds. The molecule has 35 heteroatoms. The number of halogens is 3. The van der Waals surface area contributed by atoms with E-state index >= 15 is 0 Å². The molecule has 0 aliphatic heterocycles. The summed E-state index contributed by atoms with van der Waals surface area (Å²) in [4.78, 5) is 16.1. The van der Waals surface area contributed by atoms with Crippen LogP contribution in [0.2, 0.25) is 0 Å². The Labute approximate surface area is 780 Å². The maximum absolute atomic E-state index is 13.5. The molecule has 134 heavy (non-hydrogen) atoms. The molecular formula is C99H99F3N22O7S3. The number of fused-ring (bicyclic) bond motifs is 10. The standard InChI is InChI=1S/C22H23N5O2.C21H21N5O2.2C19H19FN4OS.C18H17FN4OS/c23-14-16-5-7-20-19(12-16)17(15-25-20)4-1-2-9-24-10-3-11-28-18-6-8-21-22(13-18)27-29-26-21;22-13-15-4-6-19-18(11-15)16(14-24-19)3-1-2-8-23-9-10-27-17-5-7-20-21(12-17)26-28-25-20;1-12(8-13-11-22-17-4-2-14(20)9-16(13)17)21-6-7-25-15-3-5-18-19(10-15)24-26-23-18;1-12(9-13-11-22-16-6-5-14(20)10-15(13)16)21-7-8-25-18-4-2-3-17-19(18)24-26-23-17;19-13-4-5-15-14(10-13)12(11-21-15)6-7-20-8-9-24-17-3-1-2-16-18(17)23-25-22-16/h5-8,12-13,15,24-25H,1-4,9-11H2;4-7,11-12,14,23-24H,1-3,8-10H2;2-5,9-12,21-22H,6-8H2,1H3;2-6,10-12,21-22H,7-9H2,1H3;1-5,10-11,20-21H,6-9H2. The zero-order valence-corrected chi connectivity index (χ0v) is 76.2. The molecule has 2 atom stereocenters. The number of H-pyrrole nitrogens is 5. The van der Waals surface area contributed by atoms with Crippen molar-refractivity contribution >= 4 is 145 Å². The minimum atomic E-state index is -0.210. The van der Waals surface area contributed by atoms with E-state index in [1.165, 1.54) is 64.5 Å². The van der Waals surface area contributed by atoms with Crippen molar-refractivity contribution in [3.05, 3.63) is 269 Å². The average molecular weight is 1860 g/mol. The van der Waals surface area contributed by atoms with Gasteiger partial charge in [-0.1, -0.05) is 12.1 Å². The van der Waals surface area contributed by atoms with Crippen LogP contribution < -0.4 is 50.3 Å². The van der Waals surface area contributed by atoms with Gasteiger partial charge in [0.1, 0.15) is 128 Å². The summed E-state index contributed by atoms with van der Waals surface area (Å²) in [5, 5.41) is 55.6. The number of aromatic nitrogens is 15. The Kier molecular flexibility index (Phi) is 32.7. The number of aromatic amines is 5. The maximum atomic E-state index is 13.5. The summed E-state index contributed by atoms with van der Waals surface area (Å²) in [6.45, 7) is 13.8. The van der Waals surface area contributed by atoms with Crippen LogP contribution in [0.25, 0.3) is 110 Å². The van der Waals surface area contributed by atoms with Gasteiger partial charge in [-0.25, -0.2) is 22.4 Å². The first-order valence-corrected chi connectivity index (χ1v) is 46.7. The van der Waals surface area contributed by atoms with Gasteiger partial charge in [0.2, 0.25) is 0 Å². The number of nitriles is 2. The molecule has 10 aromatic heterocycles. The maximum Gasteiger partial charge on any atom is 0.148 e. The fraction of sp³-hybridized carbons (Fsp3) is 0.273. The van der Waals surface area contributed by atoms with Gasteiger partial charge in [0, 0.05) is 142 Å². The van der Waals surface area contributed by atoms with Gasteiger partial charge in [0.25, 0.3) is 0 Å². The SMILES string of the molecule is CC(Cc1c[nH]c2ccc(F)cc12)NCCOc1ccc2nsnc2c1.CC(Cc1c[nH]c2ccc(F)cc12)NCCOc1cccc2nsnc12.Fc1ccc2[nH]cc(CCNCCOc3cccc4nsnc34)c2c1.N#Cc1ccc2[nH]cc(CCCCNCCCOc3ccc4nonc4c3)c2c1.N#Cc1ccc2[nH]cc(CCCCNCCOc3ccc4nonc4c3)c2c1. The van der Waals surface area contributed by atoms with Crippen molar-refractivity contribution in [3.8, 4) is 40.9 Å². The van der Waals surface area contributed by atoms with Gasteiger partial charge in [0.15, 0.2) is 0 Å². The molecule has 0 aliphatic rings. The van der Waals surface area contributed by atoms with Crippen molar-refractivity contribution in [1.82, 2.24) is 98.4 Å². The van der Waals surface area contributed by atoms with Crippen LogP contribution in [0.5, 0.6) is 28.7 Å². The van der Waals surface area contributed by atoms with Crippen molar-refractivity contribution in [1.29, 1.82) is 10.5 Å². The lowest BCUT2D eigenvalue weighted by molar-refractivity contribution is 0.307. The van der Waals surface area contributed by atoms with Gasteiger partial charge in [-0.15, -0.1) is 0 Å². The van der Waals surface area contributed by atoms with E-state index in [1.54, 1.807) is 36.4 Å². The minimum Gasteiger partial charge on any atom is -0.493 e. The first kappa shape index (κ1) is 93.0. The monoisotopic (exact) mass is 1860 g/mol. The van der Waals surface area contributed by atoms with Gasteiger partial charge in [-0.2, -0.15) is 36.8 Å². The lowest BCUT2D eigenvalue weighted by Crippen LogP contribution is -2.31. The molecule has 0 radical (unpaired) electrons. The summed E-state index contributed by atoms with van der Waals surface area (Å²) < 4.78 is 104. The predicted molar refractivity (Wildman–Crippen MR) is 519 cm³/mol. The molecule has 20 aromatic rings. The normalized spacial score (nSPS) is 11.8. The molecule has 0 bridgehead atoms. The summed E-state index contributed by atoms with van der Waals surface area (Å²) in [5.41, 5.74) is 20.3. The molecule has 29 nitrogen and oxygen atoms in total. The highest BCUT2D eigenvalue weighted by molar-refractivity contribution is 7.00. The third-order valence-electron chi connectivity index (χ3n) is 22.4. The van der Waals surface area contributed by atoms with Gasteiger partial charge in [-0.05, 0) is 304 Å². The van der Waals surface area contributed by atoms with Crippen LogP contribution in [0, 0.1) is 40.1 Å². The second-order valence-electron chi connectivity index (χ2n) is 32.0. The minimum absolute atomic E-state index is 0.208. The van der Waals surface area contributed by atoms with E-state index in [1.807, 2.05) is 152 Å². The third-order valence-corrected chi connectivity index (χ3v) is 24.1. The summed E-state index contributed by atoms with van der Waals surface area (Å²) >= 11 is 3.58. The number of nitrogens with zero attached hydrogens (tertiary/aromatic N) is 12. The Hall–Kier alpha value is -14.3. The van der Waals surface area contributed by atoms with Crippen molar-refractivity contribution in [2.24, 2.45) is 0 Å². The van der Waals surface area contributed by atoms with Gasteiger partial charge in [-0.3, -0.25) is 0 Å². The van der Waals surface area contributed by atoms with E-state index in [2.05, 4.69) is 140 Å². The number of aryl methyl sites for hydroxylation is 2. The van der Waals surface area contributed by atoms with Gasteiger partial charge < -0.3 is 75.2 Å². The van der Waals surface area contributed by atoms with Crippen molar-refractivity contribution in [2.45, 2.75) is 90.1 Å².